The lowest BCUT2D eigenvalue weighted by Gasteiger charge is -2.36. The van der Waals surface area contributed by atoms with Gasteiger partial charge in [-0.05, 0) is 6.42 Å². The second kappa shape index (κ2) is 7.50. The van der Waals surface area contributed by atoms with E-state index in [0.29, 0.717) is 18.7 Å². The van der Waals surface area contributed by atoms with Gasteiger partial charge in [0, 0.05) is 23.8 Å². The van der Waals surface area contributed by atoms with Crippen LogP contribution >= 0.6 is 11.8 Å². The summed E-state index contributed by atoms with van der Waals surface area (Å²) >= 11 is 1.58. The number of nitrogens with zero attached hydrogens (tertiary/aromatic N) is 1. The molecule has 112 valence electrons. The van der Waals surface area contributed by atoms with Crippen molar-refractivity contribution in [1.29, 1.82) is 0 Å². The highest BCUT2D eigenvalue weighted by molar-refractivity contribution is 8.01. The normalized spacial score (nSPS) is 22.3. The molecular weight excluding hydrogens is 284 g/mol. The van der Waals surface area contributed by atoms with Crippen LogP contribution in [0.2, 0.25) is 0 Å². The minimum Gasteiger partial charge on any atom is -0.323 e. The summed E-state index contributed by atoms with van der Waals surface area (Å²) in [5, 5.41) is -0.698. The summed E-state index contributed by atoms with van der Waals surface area (Å²) in [6.07, 6.45) is 2.49. The van der Waals surface area contributed by atoms with Crippen LogP contribution in [-0.2, 0) is 14.6 Å². The molecule has 0 aliphatic carbocycles. The first-order valence-corrected chi connectivity index (χ1v) is 9.66. The molecule has 1 rings (SSSR count). The molecule has 1 amide bonds. The van der Waals surface area contributed by atoms with E-state index in [4.69, 9.17) is 5.73 Å². The van der Waals surface area contributed by atoms with Crippen LogP contribution in [0.3, 0.4) is 0 Å². The summed E-state index contributed by atoms with van der Waals surface area (Å²) in [7, 11) is -3.24. The minimum absolute atomic E-state index is 0.0617. The van der Waals surface area contributed by atoms with Crippen molar-refractivity contribution in [1.82, 2.24) is 4.90 Å². The van der Waals surface area contributed by atoms with Crippen molar-refractivity contribution >= 4 is 27.5 Å². The second-order valence-electron chi connectivity index (χ2n) is 4.76. The first-order valence-electron chi connectivity index (χ1n) is 6.79. The Balaban J connectivity index is 2.79. The Morgan fingerprint density at radius 3 is 2.74 bits per heavy atom. The topological polar surface area (TPSA) is 80.5 Å². The molecule has 2 N–H and O–H groups in total. The van der Waals surface area contributed by atoms with E-state index in [9.17, 15) is 13.2 Å². The molecule has 1 saturated heterocycles. The maximum absolute atomic E-state index is 12.3. The number of nitrogens with two attached hydrogens (primary N) is 1. The zero-order valence-corrected chi connectivity index (χ0v) is 13.3. The summed E-state index contributed by atoms with van der Waals surface area (Å²) < 4.78 is 24.1. The van der Waals surface area contributed by atoms with Gasteiger partial charge in [0.05, 0.1) is 6.04 Å². The van der Waals surface area contributed by atoms with Gasteiger partial charge in [-0.3, -0.25) is 4.79 Å². The van der Waals surface area contributed by atoms with E-state index in [1.165, 1.54) is 4.90 Å². The maximum Gasteiger partial charge on any atom is 0.240 e. The fourth-order valence-electron chi connectivity index (χ4n) is 2.08. The second-order valence-corrected chi connectivity index (χ2v) is 8.36. The van der Waals surface area contributed by atoms with Crippen LogP contribution in [0.5, 0.6) is 0 Å². The van der Waals surface area contributed by atoms with Crippen molar-refractivity contribution in [2.45, 2.75) is 44.5 Å². The summed E-state index contributed by atoms with van der Waals surface area (Å²) in [6, 6.07) is -0.572. The SMILES string of the molecule is CCCCC(N)C(=O)N1CCSCC1S(=O)(=O)CC. The number of carbonyl (C=O) groups excluding carboxylic acids is 1. The molecule has 0 bridgehead atoms. The molecule has 0 aromatic heterocycles. The van der Waals surface area contributed by atoms with Gasteiger partial charge >= 0.3 is 0 Å². The highest BCUT2D eigenvalue weighted by Crippen LogP contribution is 2.22. The molecule has 19 heavy (non-hydrogen) atoms. The molecular formula is C12H24N2O3S2. The molecule has 1 aliphatic rings. The van der Waals surface area contributed by atoms with E-state index in [1.54, 1.807) is 18.7 Å². The lowest BCUT2D eigenvalue weighted by atomic mass is 10.1. The van der Waals surface area contributed by atoms with Crippen molar-refractivity contribution in [2.24, 2.45) is 5.73 Å². The summed E-state index contributed by atoms with van der Waals surface area (Å²) in [5.74, 6) is 1.09. The first-order chi connectivity index (χ1) is 8.94. The summed E-state index contributed by atoms with van der Waals surface area (Å²) in [4.78, 5) is 13.8. The lowest BCUT2D eigenvalue weighted by molar-refractivity contribution is -0.133. The smallest absolute Gasteiger partial charge is 0.240 e. The molecule has 7 heteroatoms. The van der Waals surface area contributed by atoms with Crippen molar-refractivity contribution < 1.29 is 13.2 Å². The zero-order chi connectivity index (χ0) is 14.5. The molecule has 2 unspecified atom stereocenters. The van der Waals surface area contributed by atoms with E-state index in [2.05, 4.69) is 0 Å². The number of carbonyl (C=O) groups is 1. The van der Waals surface area contributed by atoms with E-state index in [1.807, 2.05) is 6.92 Å². The van der Waals surface area contributed by atoms with Crippen molar-refractivity contribution in [2.75, 3.05) is 23.8 Å². The highest BCUT2D eigenvalue weighted by Gasteiger charge is 2.37. The van der Waals surface area contributed by atoms with Crippen molar-refractivity contribution in [3.63, 3.8) is 0 Å². The van der Waals surface area contributed by atoms with Gasteiger partial charge < -0.3 is 10.6 Å². The van der Waals surface area contributed by atoms with E-state index in [-0.39, 0.29) is 11.7 Å². The van der Waals surface area contributed by atoms with E-state index < -0.39 is 21.3 Å². The van der Waals surface area contributed by atoms with Gasteiger partial charge in [-0.25, -0.2) is 8.42 Å². The molecule has 1 heterocycles. The van der Waals surface area contributed by atoms with Crippen molar-refractivity contribution in [3.05, 3.63) is 0 Å². The van der Waals surface area contributed by atoms with Gasteiger partial charge in [0.25, 0.3) is 0 Å². The average Bonchev–Trinajstić information content (AvgIpc) is 2.43. The molecule has 0 aromatic carbocycles. The van der Waals surface area contributed by atoms with Gasteiger partial charge in [0.1, 0.15) is 5.37 Å². The number of sulfone groups is 1. The number of rotatable bonds is 6. The van der Waals surface area contributed by atoms with Gasteiger partial charge in [-0.1, -0.05) is 26.7 Å². The van der Waals surface area contributed by atoms with Crippen LogP contribution in [0.1, 0.15) is 33.1 Å². The Hall–Kier alpha value is -0.270. The maximum atomic E-state index is 12.3. The largest absolute Gasteiger partial charge is 0.323 e. The highest BCUT2D eigenvalue weighted by atomic mass is 32.2. The predicted octanol–water partition coefficient (Wildman–Crippen LogP) is 0.840. The third kappa shape index (κ3) is 4.36. The van der Waals surface area contributed by atoms with Crippen LogP contribution < -0.4 is 5.73 Å². The molecule has 5 nitrogen and oxygen atoms in total. The lowest BCUT2D eigenvalue weighted by Crippen LogP contribution is -2.55. The Labute approximate surface area is 120 Å². The predicted molar refractivity (Wildman–Crippen MR) is 79.8 cm³/mol. The van der Waals surface area contributed by atoms with Crippen LogP contribution in [0.25, 0.3) is 0 Å². The average molecular weight is 308 g/mol. The first kappa shape index (κ1) is 16.8. The quantitative estimate of drug-likeness (QED) is 0.786. The number of amides is 1. The number of hydrogen-bond acceptors (Lipinski definition) is 5. The number of unbranched alkanes of at least 4 members (excludes halogenated alkanes) is 1. The Bertz CT molecular complexity index is 398. The fraction of sp³-hybridized carbons (Fsp3) is 0.917. The molecule has 2 atom stereocenters. The summed E-state index contributed by atoms with van der Waals surface area (Å²) in [5.41, 5.74) is 5.89. The van der Waals surface area contributed by atoms with E-state index >= 15 is 0 Å². The third-order valence-electron chi connectivity index (χ3n) is 3.37. The Morgan fingerprint density at radius 2 is 2.16 bits per heavy atom. The molecule has 0 spiro atoms. The monoisotopic (exact) mass is 308 g/mol. The zero-order valence-electron chi connectivity index (χ0n) is 11.7. The van der Waals surface area contributed by atoms with Crippen LogP contribution in [0, 0.1) is 0 Å². The van der Waals surface area contributed by atoms with Gasteiger partial charge in [-0.2, -0.15) is 11.8 Å². The number of hydrogen-bond donors (Lipinski definition) is 1. The Morgan fingerprint density at radius 1 is 1.47 bits per heavy atom. The molecule has 0 radical (unpaired) electrons. The van der Waals surface area contributed by atoms with Crippen LogP contribution in [0.15, 0.2) is 0 Å². The third-order valence-corrected chi connectivity index (χ3v) is 6.66. The van der Waals surface area contributed by atoms with Crippen LogP contribution in [0.4, 0.5) is 0 Å². The Kier molecular flexibility index (Phi) is 6.62. The molecule has 0 aromatic rings. The van der Waals surface area contributed by atoms with Gasteiger partial charge in [0.2, 0.25) is 5.91 Å². The molecule has 0 saturated carbocycles. The fourth-order valence-corrected chi connectivity index (χ4v) is 5.06. The standard InChI is InChI=1S/C12H24N2O3S2/c1-3-5-6-10(13)12(15)14-7-8-18-9-11(14)19(16,17)4-2/h10-11H,3-9,13H2,1-2H3. The molecule has 1 fully saturated rings. The van der Waals surface area contributed by atoms with E-state index in [0.717, 1.165) is 18.6 Å². The van der Waals surface area contributed by atoms with Gasteiger partial charge in [-0.15, -0.1) is 0 Å². The van der Waals surface area contributed by atoms with Gasteiger partial charge in [0.15, 0.2) is 9.84 Å². The van der Waals surface area contributed by atoms with Crippen molar-refractivity contribution in [3.8, 4) is 0 Å². The minimum atomic E-state index is -3.24. The van der Waals surface area contributed by atoms with Crippen LogP contribution in [-0.4, -0.2) is 54.4 Å². The number of thioether (sulfide) groups is 1. The summed E-state index contributed by atoms with van der Waals surface area (Å²) in [6.45, 7) is 4.14. The molecule has 1 aliphatic heterocycles.